The fraction of sp³-hybridized carbons (Fsp3) is 0.211. The zero-order valence-electron chi connectivity index (χ0n) is 15.4. The van der Waals surface area contributed by atoms with Crippen LogP contribution in [0.25, 0.3) is 5.82 Å². The number of nitrogens with zero attached hydrogens (tertiary/aromatic N) is 4. The Morgan fingerprint density at radius 2 is 1.90 bits per heavy atom. The molecule has 0 unspecified atom stereocenters. The lowest BCUT2D eigenvalue weighted by Crippen LogP contribution is -2.26. The van der Waals surface area contributed by atoms with Crippen molar-refractivity contribution in [3.8, 4) is 17.3 Å². The van der Waals surface area contributed by atoms with E-state index in [1.165, 1.54) is 30.2 Å². The van der Waals surface area contributed by atoms with Crippen molar-refractivity contribution in [3.05, 3.63) is 59.5 Å². The largest absolute Gasteiger partial charge is 0.454 e. The highest BCUT2D eigenvalue weighted by Crippen LogP contribution is 2.35. The zero-order valence-corrected chi connectivity index (χ0v) is 15.4. The molecule has 0 bridgehead atoms. The molecule has 3 aromatic rings. The van der Waals surface area contributed by atoms with Gasteiger partial charge in [0.05, 0.1) is 5.69 Å². The van der Waals surface area contributed by atoms with Gasteiger partial charge in [-0.1, -0.05) is 0 Å². The molecule has 1 aliphatic rings. The molecule has 0 saturated carbocycles. The summed E-state index contributed by atoms with van der Waals surface area (Å²) in [5, 5.41) is 3.87. The molecule has 7 nitrogen and oxygen atoms in total. The van der Waals surface area contributed by atoms with Crippen molar-refractivity contribution in [1.82, 2.24) is 14.8 Å². The number of alkyl halides is 3. The standard InChI is InChI=1S/C19H15F3N4O3/c1-11-7-16(19(20,21)22)26(24-11)17-8-12(5-6-23-17)18(27)25(2)13-3-4-14-15(9-13)29-10-28-14/h3-9H,10H2,1-2H3. The van der Waals surface area contributed by atoms with Gasteiger partial charge in [-0.3, -0.25) is 4.79 Å². The molecule has 0 saturated heterocycles. The van der Waals surface area contributed by atoms with Crippen LogP contribution in [0.5, 0.6) is 11.5 Å². The summed E-state index contributed by atoms with van der Waals surface area (Å²) in [5.74, 6) is 0.564. The number of ether oxygens (including phenoxy) is 2. The second-order valence-corrected chi connectivity index (χ2v) is 6.38. The van der Waals surface area contributed by atoms with Crippen LogP contribution < -0.4 is 14.4 Å². The molecule has 10 heteroatoms. The van der Waals surface area contributed by atoms with Crippen LogP contribution in [0, 0.1) is 6.92 Å². The average molecular weight is 404 g/mol. The summed E-state index contributed by atoms with van der Waals surface area (Å²) < 4.78 is 51.1. The molecule has 2 aromatic heterocycles. The molecule has 1 aromatic carbocycles. The Hall–Kier alpha value is -3.56. The number of carbonyl (C=O) groups is 1. The van der Waals surface area contributed by atoms with Crippen molar-refractivity contribution < 1.29 is 27.4 Å². The van der Waals surface area contributed by atoms with Crippen LogP contribution in [0.3, 0.4) is 0 Å². The van der Waals surface area contributed by atoms with Gasteiger partial charge < -0.3 is 14.4 Å². The van der Waals surface area contributed by atoms with E-state index >= 15 is 0 Å². The summed E-state index contributed by atoms with van der Waals surface area (Å²) in [4.78, 5) is 18.2. The number of fused-ring (bicyclic) bond motifs is 1. The molecule has 3 heterocycles. The lowest BCUT2D eigenvalue weighted by atomic mass is 10.2. The van der Waals surface area contributed by atoms with Crippen molar-refractivity contribution in [1.29, 1.82) is 0 Å². The zero-order chi connectivity index (χ0) is 20.8. The molecule has 1 amide bonds. The molecule has 0 aliphatic carbocycles. The van der Waals surface area contributed by atoms with E-state index in [0.717, 1.165) is 6.07 Å². The van der Waals surface area contributed by atoms with E-state index in [1.807, 2.05) is 0 Å². The van der Waals surface area contributed by atoms with E-state index in [9.17, 15) is 18.0 Å². The fourth-order valence-electron chi connectivity index (χ4n) is 2.95. The van der Waals surface area contributed by atoms with Gasteiger partial charge in [-0.15, -0.1) is 0 Å². The maximum atomic E-state index is 13.3. The highest BCUT2D eigenvalue weighted by atomic mass is 19.4. The molecular formula is C19H15F3N4O3. The Morgan fingerprint density at radius 3 is 2.66 bits per heavy atom. The average Bonchev–Trinajstić information content (AvgIpc) is 3.32. The van der Waals surface area contributed by atoms with Gasteiger partial charge in [-0.05, 0) is 37.3 Å². The quantitative estimate of drug-likeness (QED) is 0.667. The van der Waals surface area contributed by atoms with E-state index in [2.05, 4.69) is 10.1 Å². The second kappa shape index (κ2) is 6.80. The monoisotopic (exact) mass is 404 g/mol. The Balaban J connectivity index is 1.66. The third-order valence-electron chi connectivity index (χ3n) is 4.38. The van der Waals surface area contributed by atoms with Gasteiger partial charge in [-0.25, -0.2) is 9.67 Å². The smallest absolute Gasteiger partial charge is 0.433 e. The Kier molecular flexibility index (Phi) is 4.40. The molecule has 150 valence electrons. The van der Waals surface area contributed by atoms with E-state index < -0.39 is 17.8 Å². The predicted octanol–water partition coefficient (Wildman–Crippen LogP) is 3.60. The van der Waals surface area contributed by atoms with Gasteiger partial charge in [-0.2, -0.15) is 18.3 Å². The van der Waals surface area contributed by atoms with Gasteiger partial charge in [0.25, 0.3) is 5.91 Å². The molecule has 0 atom stereocenters. The summed E-state index contributed by atoms with van der Waals surface area (Å²) in [6.45, 7) is 1.56. The van der Waals surface area contributed by atoms with Crippen molar-refractivity contribution in [2.75, 3.05) is 18.7 Å². The summed E-state index contributed by atoms with van der Waals surface area (Å²) >= 11 is 0. The highest BCUT2D eigenvalue weighted by molar-refractivity contribution is 6.06. The van der Waals surface area contributed by atoms with Crippen LogP contribution in [0.4, 0.5) is 18.9 Å². The molecule has 1 aliphatic heterocycles. The lowest BCUT2D eigenvalue weighted by molar-refractivity contribution is -0.142. The maximum absolute atomic E-state index is 13.3. The molecule has 0 fully saturated rings. The maximum Gasteiger partial charge on any atom is 0.433 e. The van der Waals surface area contributed by atoms with E-state index in [0.29, 0.717) is 21.9 Å². The van der Waals surface area contributed by atoms with Gasteiger partial charge in [0, 0.05) is 30.6 Å². The third kappa shape index (κ3) is 3.48. The SMILES string of the molecule is Cc1cc(C(F)(F)F)n(-c2cc(C(=O)N(C)c3ccc4c(c3)OCO4)ccn2)n1. The first-order chi connectivity index (χ1) is 13.7. The summed E-state index contributed by atoms with van der Waals surface area (Å²) in [5.41, 5.74) is -0.0653. The summed E-state index contributed by atoms with van der Waals surface area (Å²) in [6.07, 6.45) is -3.33. The molecule has 4 rings (SSSR count). The summed E-state index contributed by atoms with van der Waals surface area (Å²) in [6, 6.07) is 8.65. The Bertz CT molecular complexity index is 1090. The van der Waals surface area contributed by atoms with Gasteiger partial charge >= 0.3 is 6.18 Å². The van der Waals surface area contributed by atoms with Crippen molar-refractivity contribution in [2.24, 2.45) is 0 Å². The van der Waals surface area contributed by atoms with Crippen LogP contribution in [0.2, 0.25) is 0 Å². The molecule has 0 spiro atoms. The van der Waals surface area contributed by atoms with E-state index in [4.69, 9.17) is 9.47 Å². The van der Waals surface area contributed by atoms with E-state index in [-0.39, 0.29) is 23.9 Å². The number of pyridine rings is 1. The first-order valence-corrected chi connectivity index (χ1v) is 8.52. The minimum absolute atomic E-state index is 0.102. The fourth-order valence-corrected chi connectivity index (χ4v) is 2.95. The van der Waals surface area contributed by atoms with E-state index in [1.54, 1.807) is 25.2 Å². The van der Waals surface area contributed by atoms with Crippen LogP contribution in [-0.2, 0) is 6.18 Å². The predicted molar refractivity (Wildman–Crippen MR) is 96.4 cm³/mol. The van der Waals surface area contributed by atoms with Gasteiger partial charge in [0.1, 0.15) is 5.69 Å². The first-order valence-electron chi connectivity index (χ1n) is 8.52. The Morgan fingerprint density at radius 1 is 1.14 bits per heavy atom. The topological polar surface area (TPSA) is 69.5 Å². The normalized spacial score (nSPS) is 12.9. The molecule has 0 radical (unpaired) electrons. The van der Waals surface area contributed by atoms with Crippen molar-refractivity contribution >= 4 is 11.6 Å². The second-order valence-electron chi connectivity index (χ2n) is 6.38. The minimum atomic E-state index is -4.60. The van der Waals surface area contributed by atoms with Gasteiger partial charge in [0.2, 0.25) is 6.79 Å². The number of anilines is 1. The number of halogens is 3. The number of carbonyl (C=O) groups excluding carboxylic acids is 1. The van der Waals surface area contributed by atoms with Crippen LogP contribution in [-0.4, -0.2) is 34.5 Å². The number of benzene rings is 1. The number of hydrogen-bond donors (Lipinski definition) is 0. The van der Waals surface area contributed by atoms with Crippen molar-refractivity contribution in [2.45, 2.75) is 13.1 Å². The van der Waals surface area contributed by atoms with Crippen molar-refractivity contribution in [3.63, 3.8) is 0 Å². The number of amides is 1. The van der Waals surface area contributed by atoms with Crippen LogP contribution >= 0.6 is 0 Å². The van der Waals surface area contributed by atoms with Crippen LogP contribution in [0.1, 0.15) is 21.7 Å². The highest BCUT2D eigenvalue weighted by Gasteiger charge is 2.36. The minimum Gasteiger partial charge on any atom is -0.454 e. The lowest BCUT2D eigenvalue weighted by Gasteiger charge is -2.18. The first kappa shape index (κ1) is 18.8. The molecule has 0 N–H and O–H groups in total. The summed E-state index contributed by atoms with van der Waals surface area (Å²) in [7, 11) is 1.55. The number of rotatable bonds is 3. The number of aryl methyl sites for hydroxylation is 1. The third-order valence-corrected chi connectivity index (χ3v) is 4.38. The molecule has 29 heavy (non-hydrogen) atoms. The number of aromatic nitrogens is 3. The number of hydrogen-bond acceptors (Lipinski definition) is 5. The Labute approximate surface area is 163 Å². The van der Waals surface area contributed by atoms with Gasteiger partial charge in [0.15, 0.2) is 17.3 Å². The van der Waals surface area contributed by atoms with Crippen LogP contribution in [0.15, 0.2) is 42.6 Å². The molecular weight excluding hydrogens is 389 g/mol.